The van der Waals surface area contributed by atoms with Crippen molar-refractivity contribution >= 4 is 17.5 Å². The van der Waals surface area contributed by atoms with Crippen LogP contribution in [0.1, 0.15) is 32.8 Å². The Labute approximate surface area is 130 Å². The number of aliphatic imine (C=N–C) groups is 1. The van der Waals surface area contributed by atoms with Crippen molar-refractivity contribution in [3.8, 4) is 0 Å². The number of para-hydroxylation sites is 1. The van der Waals surface area contributed by atoms with Crippen molar-refractivity contribution < 1.29 is 15.0 Å². The summed E-state index contributed by atoms with van der Waals surface area (Å²) in [6, 6.07) is 6.70. The van der Waals surface area contributed by atoms with E-state index in [9.17, 15) is 15.0 Å². The molecule has 2 atom stereocenters. The normalized spacial score (nSPS) is 19.2. The molecule has 3 N–H and O–H groups in total. The maximum absolute atomic E-state index is 11.5. The molecule has 2 rings (SSSR count). The van der Waals surface area contributed by atoms with E-state index >= 15 is 0 Å². The fraction of sp³-hybridized carbons (Fsp3) is 0.500. The van der Waals surface area contributed by atoms with Gasteiger partial charge in [0.05, 0.1) is 5.69 Å². The molecule has 0 radical (unpaired) electrons. The molecule has 0 amide bonds. The molecule has 0 spiro atoms. The van der Waals surface area contributed by atoms with Crippen LogP contribution in [0.15, 0.2) is 29.3 Å². The van der Waals surface area contributed by atoms with E-state index in [1.54, 1.807) is 11.9 Å². The van der Waals surface area contributed by atoms with Crippen LogP contribution in [0.2, 0.25) is 0 Å². The number of nitrogens with zero attached hydrogens (tertiary/aromatic N) is 2. The highest BCUT2D eigenvalue weighted by Crippen LogP contribution is 2.27. The van der Waals surface area contributed by atoms with Crippen molar-refractivity contribution in [3.05, 3.63) is 29.8 Å². The van der Waals surface area contributed by atoms with Crippen LogP contribution in [0.3, 0.4) is 0 Å². The summed E-state index contributed by atoms with van der Waals surface area (Å²) in [7, 11) is 1.74. The van der Waals surface area contributed by atoms with Gasteiger partial charge in [0.2, 0.25) is 6.35 Å². The van der Waals surface area contributed by atoms with Gasteiger partial charge in [-0.05, 0) is 24.0 Å². The van der Waals surface area contributed by atoms with Crippen molar-refractivity contribution in [1.82, 2.24) is 5.32 Å². The molecule has 1 aromatic carbocycles. The molecule has 0 bridgehead atoms. The number of nitrogens with one attached hydrogen (secondary N) is 1. The average Bonchev–Trinajstić information content (AvgIpc) is 2.42. The number of benzene rings is 1. The summed E-state index contributed by atoms with van der Waals surface area (Å²) in [6.45, 7) is 5.97. The maximum atomic E-state index is 11.5. The number of hydrogen-bond acceptors (Lipinski definition) is 5. The minimum Gasteiger partial charge on any atom is -0.480 e. The highest BCUT2D eigenvalue weighted by atomic mass is 16.4. The van der Waals surface area contributed by atoms with E-state index < -0.39 is 18.4 Å². The van der Waals surface area contributed by atoms with Crippen LogP contribution < -0.4 is 10.2 Å². The minimum absolute atomic E-state index is 0.139. The van der Waals surface area contributed by atoms with Gasteiger partial charge in [-0.1, -0.05) is 32.9 Å². The number of carboxylic acids is 1. The molecule has 0 aliphatic carbocycles. The van der Waals surface area contributed by atoms with Crippen molar-refractivity contribution in [1.29, 1.82) is 0 Å². The largest absolute Gasteiger partial charge is 0.480 e. The van der Waals surface area contributed by atoms with Crippen molar-refractivity contribution in [2.75, 3.05) is 11.9 Å². The smallest absolute Gasteiger partial charge is 0.326 e. The lowest BCUT2D eigenvalue weighted by Crippen LogP contribution is -2.47. The molecule has 0 saturated carbocycles. The molecule has 1 aromatic rings. The van der Waals surface area contributed by atoms with Crippen molar-refractivity contribution in [2.45, 2.75) is 39.6 Å². The second-order valence-electron chi connectivity index (χ2n) is 6.75. The van der Waals surface area contributed by atoms with E-state index in [4.69, 9.17) is 0 Å². The summed E-state index contributed by atoms with van der Waals surface area (Å²) in [6.07, 6.45) is -0.573. The Bertz CT molecular complexity index is 593. The fourth-order valence-corrected chi connectivity index (χ4v) is 2.47. The van der Waals surface area contributed by atoms with Crippen LogP contribution in [0.5, 0.6) is 0 Å². The number of aliphatic hydroxyl groups excluding tert-OH is 1. The first kappa shape index (κ1) is 16.3. The number of amidine groups is 1. The van der Waals surface area contributed by atoms with E-state index in [1.807, 2.05) is 45.0 Å². The van der Waals surface area contributed by atoms with E-state index in [0.29, 0.717) is 12.3 Å². The van der Waals surface area contributed by atoms with Gasteiger partial charge in [0, 0.05) is 12.6 Å². The molecule has 6 heteroatoms. The zero-order valence-electron chi connectivity index (χ0n) is 13.4. The van der Waals surface area contributed by atoms with Gasteiger partial charge in [0.25, 0.3) is 0 Å². The zero-order valence-corrected chi connectivity index (χ0v) is 13.4. The van der Waals surface area contributed by atoms with Gasteiger partial charge in [0.1, 0.15) is 11.9 Å². The van der Waals surface area contributed by atoms with Crippen molar-refractivity contribution in [3.63, 3.8) is 0 Å². The Morgan fingerprint density at radius 1 is 1.41 bits per heavy atom. The predicted octanol–water partition coefficient (Wildman–Crippen LogP) is 1.64. The number of carbonyl (C=O) groups is 1. The molecule has 1 aliphatic rings. The van der Waals surface area contributed by atoms with Crippen LogP contribution in [-0.2, 0) is 4.79 Å². The summed E-state index contributed by atoms with van der Waals surface area (Å²) < 4.78 is 0. The Hall–Kier alpha value is -2.08. The Kier molecular flexibility index (Phi) is 4.42. The van der Waals surface area contributed by atoms with Gasteiger partial charge in [0.15, 0.2) is 0 Å². The van der Waals surface area contributed by atoms with E-state index in [1.165, 1.54) is 0 Å². The third-order valence-electron chi connectivity index (χ3n) is 3.56. The quantitative estimate of drug-likeness (QED) is 0.790. The molecule has 2 unspecified atom stereocenters. The standard InChI is InChI=1S/C16H23N3O3/c1-16(2,3)9-11(14(20)21)17-13-10-7-5-6-8-12(10)19(4)15(22)18-13/h5-8,11,15,22H,9H2,1-4H3,(H,17,18)(H,20,21). The van der Waals surface area contributed by atoms with E-state index in [2.05, 4.69) is 10.3 Å². The van der Waals surface area contributed by atoms with Gasteiger partial charge >= 0.3 is 5.97 Å². The van der Waals surface area contributed by atoms with E-state index in [0.717, 1.165) is 11.3 Å². The Morgan fingerprint density at radius 3 is 2.64 bits per heavy atom. The van der Waals surface area contributed by atoms with E-state index in [-0.39, 0.29) is 5.41 Å². The molecule has 0 fully saturated rings. The van der Waals surface area contributed by atoms with Crippen LogP contribution >= 0.6 is 0 Å². The minimum atomic E-state index is -1.03. The second-order valence-corrected chi connectivity index (χ2v) is 6.75. The van der Waals surface area contributed by atoms with Gasteiger partial charge in [-0.15, -0.1) is 0 Å². The lowest BCUT2D eigenvalue weighted by molar-refractivity contribution is -0.139. The summed E-state index contributed by atoms with van der Waals surface area (Å²) in [5.41, 5.74) is 1.46. The van der Waals surface area contributed by atoms with Crippen LogP contribution in [-0.4, -0.2) is 41.5 Å². The Morgan fingerprint density at radius 2 is 2.05 bits per heavy atom. The number of carboxylic acid groups (broad SMARTS) is 1. The summed E-state index contributed by atoms with van der Waals surface area (Å²) in [5, 5.41) is 22.5. The lowest BCUT2D eigenvalue weighted by Gasteiger charge is -2.32. The molecule has 1 heterocycles. The third kappa shape index (κ3) is 3.57. The Balaban J connectivity index is 2.31. The number of aliphatic hydroxyl groups is 1. The predicted molar refractivity (Wildman–Crippen MR) is 86.0 cm³/mol. The average molecular weight is 305 g/mol. The fourth-order valence-electron chi connectivity index (χ4n) is 2.47. The number of rotatable bonds is 3. The van der Waals surface area contributed by atoms with Gasteiger partial charge in [-0.3, -0.25) is 0 Å². The van der Waals surface area contributed by atoms with Crippen LogP contribution in [0.25, 0.3) is 0 Å². The monoisotopic (exact) mass is 305 g/mol. The van der Waals surface area contributed by atoms with Crippen LogP contribution in [0.4, 0.5) is 5.69 Å². The first-order chi connectivity index (χ1) is 10.2. The van der Waals surface area contributed by atoms with Gasteiger partial charge in [-0.25, -0.2) is 9.79 Å². The lowest BCUT2D eigenvalue weighted by atomic mass is 9.88. The SMILES string of the molecule is CN1c2ccccc2C(NC(CC(C)(C)C)C(=O)O)=NC1O. The van der Waals surface area contributed by atoms with Gasteiger partial charge in [-0.2, -0.15) is 0 Å². The van der Waals surface area contributed by atoms with Crippen LogP contribution in [0, 0.1) is 5.41 Å². The topological polar surface area (TPSA) is 85.2 Å². The van der Waals surface area contributed by atoms with Gasteiger partial charge < -0.3 is 20.4 Å². The molecule has 120 valence electrons. The molecular formula is C16H23N3O3. The summed E-state index contributed by atoms with van der Waals surface area (Å²) >= 11 is 0. The summed E-state index contributed by atoms with van der Waals surface area (Å²) in [5.74, 6) is -0.513. The first-order valence-electron chi connectivity index (χ1n) is 7.26. The third-order valence-corrected chi connectivity index (χ3v) is 3.56. The highest BCUT2D eigenvalue weighted by Gasteiger charge is 2.29. The maximum Gasteiger partial charge on any atom is 0.326 e. The first-order valence-corrected chi connectivity index (χ1v) is 7.26. The zero-order chi connectivity index (χ0) is 16.5. The second kappa shape index (κ2) is 5.96. The number of anilines is 1. The molecule has 0 aromatic heterocycles. The number of fused-ring (bicyclic) bond motifs is 1. The summed E-state index contributed by atoms with van der Waals surface area (Å²) in [4.78, 5) is 17.3. The molecule has 0 saturated heterocycles. The molecule has 6 nitrogen and oxygen atoms in total. The highest BCUT2D eigenvalue weighted by molar-refractivity contribution is 6.06. The van der Waals surface area contributed by atoms with Crippen molar-refractivity contribution in [2.24, 2.45) is 10.4 Å². The molecule has 1 aliphatic heterocycles. The molecular weight excluding hydrogens is 282 g/mol. The molecule has 22 heavy (non-hydrogen) atoms. The number of aliphatic carboxylic acids is 1. The number of hydrogen-bond donors (Lipinski definition) is 3.